The minimum atomic E-state index is 0.911. The van der Waals surface area contributed by atoms with Crippen LogP contribution in [0.15, 0.2) is 0 Å². The van der Waals surface area contributed by atoms with Crippen LogP contribution in [0, 0.1) is 0 Å². The zero-order chi connectivity index (χ0) is 11.7. The Hall–Kier alpha value is -0.0800. The topological polar surface area (TPSA) is 15.3 Å². The average molecular weight is 236 g/mol. The van der Waals surface area contributed by atoms with E-state index in [1.54, 1.807) is 0 Å². The molecule has 2 heteroatoms. The minimum absolute atomic E-state index is 0.911. The van der Waals surface area contributed by atoms with E-state index < -0.39 is 0 Å². The van der Waals surface area contributed by atoms with Gasteiger partial charge in [-0.15, -0.1) is 0 Å². The van der Waals surface area contributed by atoms with Crippen molar-refractivity contribution in [2.45, 2.75) is 88.4 Å². The molecule has 4 unspecified atom stereocenters. The Morgan fingerprint density at radius 1 is 0.706 bits per heavy atom. The van der Waals surface area contributed by atoms with Crippen molar-refractivity contribution in [2.75, 3.05) is 7.05 Å². The largest absolute Gasteiger partial charge is 0.311 e. The maximum atomic E-state index is 3.59. The number of fused-ring (bicyclic) bond motifs is 4. The predicted octanol–water partition coefficient (Wildman–Crippen LogP) is 2.92. The monoisotopic (exact) mass is 236 g/mol. The van der Waals surface area contributed by atoms with E-state index in [9.17, 15) is 0 Å². The second-order valence-electron chi connectivity index (χ2n) is 6.55. The first-order chi connectivity index (χ1) is 8.33. The SMILES string of the molecule is C1CC2CCC(C1)N2.CN1C2CCCC1CC2. The molecule has 4 aliphatic heterocycles. The van der Waals surface area contributed by atoms with Gasteiger partial charge in [-0.25, -0.2) is 0 Å². The number of rotatable bonds is 0. The van der Waals surface area contributed by atoms with Gasteiger partial charge in [0.05, 0.1) is 0 Å². The predicted molar refractivity (Wildman–Crippen MR) is 72.2 cm³/mol. The standard InChI is InChI=1S/C8H15N.C7H13N/c1-9-7-3-2-4-8(9)6-5-7;1-2-6-4-5-7(3-1)8-6/h7-8H,2-6H2,1H3;6-8H,1-5H2. The molecule has 4 aliphatic rings. The molecule has 17 heavy (non-hydrogen) atoms. The zero-order valence-electron chi connectivity index (χ0n) is 11.3. The first-order valence-electron chi connectivity index (χ1n) is 7.81. The van der Waals surface area contributed by atoms with E-state index in [4.69, 9.17) is 0 Å². The molecule has 0 radical (unpaired) electrons. The molecule has 4 atom stereocenters. The van der Waals surface area contributed by atoms with Crippen LogP contribution >= 0.6 is 0 Å². The Kier molecular flexibility index (Phi) is 3.72. The van der Waals surface area contributed by atoms with E-state index in [0.29, 0.717) is 0 Å². The molecular formula is C15H28N2. The normalized spacial score (nSPS) is 44.3. The van der Waals surface area contributed by atoms with Crippen molar-refractivity contribution in [1.82, 2.24) is 10.2 Å². The molecule has 4 fully saturated rings. The van der Waals surface area contributed by atoms with Gasteiger partial charge in [-0.2, -0.15) is 0 Å². The summed E-state index contributed by atoms with van der Waals surface area (Å²) in [5.41, 5.74) is 0. The van der Waals surface area contributed by atoms with Crippen LogP contribution in [0.4, 0.5) is 0 Å². The van der Waals surface area contributed by atoms with Gasteiger partial charge in [0, 0.05) is 24.2 Å². The van der Waals surface area contributed by atoms with Crippen molar-refractivity contribution in [3.8, 4) is 0 Å². The van der Waals surface area contributed by atoms with Gasteiger partial charge in [0.2, 0.25) is 0 Å². The molecule has 4 saturated heterocycles. The summed E-state index contributed by atoms with van der Waals surface area (Å²) in [4.78, 5) is 2.59. The third-order valence-corrected chi connectivity index (χ3v) is 5.50. The lowest BCUT2D eigenvalue weighted by Crippen LogP contribution is -2.35. The quantitative estimate of drug-likeness (QED) is 0.695. The highest BCUT2D eigenvalue weighted by atomic mass is 15.2. The van der Waals surface area contributed by atoms with Crippen LogP contribution in [0.2, 0.25) is 0 Å². The number of piperidine rings is 2. The highest BCUT2D eigenvalue weighted by Crippen LogP contribution is 2.33. The fourth-order valence-corrected chi connectivity index (χ4v) is 4.34. The molecule has 0 saturated carbocycles. The molecule has 0 amide bonds. The zero-order valence-corrected chi connectivity index (χ0v) is 11.3. The lowest BCUT2D eigenvalue weighted by atomic mass is 10.0. The van der Waals surface area contributed by atoms with Gasteiger partial charge < -0.3 is 10.2 Å². The molecule has 0 aromatic carbocycles. The van der Waals surface area contributed by atoms with Crippen molar-refractivity contribution >= 4 is 0 Å². The van der Waals surface area contributed by atoms with Crippen LogP contribution in [-0.2, 0) is 0 Å². The summed E-state index contributed by atoms with van der Waals surface area (Å²) >= 11 is 0. The first kappa shape index (κ1) is 12.0. The number of hydrogen-bond acceptors (Lipinski definition) is 2. The Morgan fingerprint density at radius 2 is 1.24 bits per heavy atom. The molecule has 4 rings (SSSR count). The molecule has 98 valence electrons. The summed E-state index contributed by atoms with van der Waals surface area (Å²) in [5, 5.41) is 3.59. The van der Waals surface area contributed by atoms with Crippen LogP contribution in [0.25, 0.3) is 0 Å². The summed E-state index contributed by atoms with van der Waals surface area (Å²) in [6.07, 6.45) is 14.6. The third kappa shape index (κ3) is 2.68. The van der Waals surface area contributed by atoms with Gasteiger partial charge in [-0.3, -0.25) is 0 Å². The van der Waals surface area contributed by atoms with E-state index >= 15 is 0 Å². The lowest BCUT2D eigenvalue weighted by Gasteiger charge is -2.30. The molecule has 0 aromatic rings. The Labute approximate surface area is 106 Å². The van der Waals surface area contributed by atoms with Crippen LogP contribution in [0.1, 0.15) is 64.2 Å². The highest BCUT2D eigenvalue weighted by molar-refractivity contribution is 4.89. The van der Waals surface area contributed by atoms with Crippen molar-refractivity contribution < 1.29 is 0 Å². The van der Waals surface area contributed by atoms with E-state index in [2.05, 4.69) is 17.3 Å². The molecule has 0 aliphatic carbocycles. The van der Waals surface area contributed by atoms with Gasteiger partial charge in [0.15, 0.2) is 0 Å². The molecule has 1 N–H and O–H groups in total. The van der Waals surface area contributed by atoms with Gasteiger partial charge in [-0.1, -0.05) is 12.8 Å². The van der Waals surface area contributed by atoms with Crippen molar-refractivity contribution in [3.05, 3.63) is 0 Å². The molecule has 0 aromatic heterocycles. The fraction of sp³-hybridized carbons (Fsp3) is 1.00. The number of nitrogens with zero attached hydrogens (tertiary/aromatic N) is 1. The van der Waals surface area contributed by atoms with E-state index in [1.165, 1.54) is 64.2 Å². The molecule has 2 nitrogen and oxygen atoms in total. The molecule has 4 heterocycles. The summed E-state index contributed by atoms with van der Waals surface area (Å²) in [6.45, 7) is 0. The van der Waals surface area contributed by atoms with Crippen molar-refractivity contribution in [3.63, 3.8) is 0 Å². The summed E-state index contributed by atoms with van der Waals surface area (Å²) in [5.74, 6) is 0. The number of nitrogens with one attached hydrogen (secondary N) is 1. The highest BCUT2D eigenvalue weighted by Gasteiger charge is 2.33. The second kappa shape index (κ2) is 5.27. The first-order valence-corrected chi connectivity index (χ1v) is 7.81. The van der Waals surface area contributed by atoms with Gasteiger partial charge >= 0.3 is 0 Å². The second-order valence-corrected chi connectivity index (χ2v) is 6.55. The Bertz CT molecular complexity index is 223. The smallest absolute Gasteiger partial charge is 0.00957 e. The van der Waals surface area contributed by atoms with Gasteiger partial charge in [-0.05, 0) is 58.4 Å². The minimum Gasteiger partial charge on any atom is -0.311 e. The maximum Gasteiger partial charge on any atom is 0.00957 e. The number of hydrogen-bond donors (Lipinski definition) is 1. The van der Waals surface area contributed by atoms with Crippen LogP contribution in [0.5, 0.6) is 0 Å². The summed E-state index contributed by atoms with van der Waals surface area (Å²) in [6, 6.07) is 3.75. The molecule has 4 bridgehead atoms. The van der Waals surface area contributed by atoms with E-state index in [1.807, 2.05) is 0 Å². The van der Waals surface area contributed by atoms with Crippen molar-refractivity contribution in [2.24, 2.45) is 0 Å². The Morgan fingerprint density at radius 3 is 1.71 bits per heavy atom. The van der Waals surface area contributed by atoms with Gasteiger partial charge in [0.25, 0.3) is 0 Å². The van der Waals surface area contributed by atoms with Crippen LogP contribution in [0.3, 0.4) is 0 Å². The summed E-state index contributed by atoms with van der Waals surface area (Å²) in [7, 11) is 2.29. The molecule has 0 spiro atoms. The van der Waals surface area contributed by atoms with E-state index in [-0.39, 0.29) is 0 Å². The lowest BCUT2D eigenvalue weighted by molar-refractivity contribution is 0.179. The maximum absolute atomic E-state index is 3.59. The van der Waals surface area contributed by atoms with Crippen molar-refractivity contribution in [1.29, 1.82) is 0 Å². The molecular weight excluding hydrogens is 208 g/mol. The van der Waals surface area contributed by atoms with Gasteiger partial charge in [0.1, 0.15) is 0 Å². The third-order valence-electron chi connectivity index (χ3n) is 5.50. The van der Waals surface area contributed by atoms with Crippen LogP contribution in [-0.4, -0.2) is 36.1 Å². The Balaban J connectivity index is 0.000000107. The fourth-order valence-electron chi connectivity index (χ4n) is 4.34. The van der Waals surface area contributed by atoms with Crippen LogP contribution < -0.4 is 5.32 Å². The van der Waals surface area contributed by atoms with E-state index in [0.717, 1.165) is 24.2 Å². The summed E-state index contributed by atoms with van der Waals surface area (Å²) < 4.78 is 0. The average Bonchev–Trinajstić information content (AvgIpc) is 2.77.